The van der Waals surface area contributed by atoms with E-state index < -0.39 is 5.54 Å². The lowest BCUT2D eigenvalue weighted by molar-refractivity contribution is 0.405. The van der Waals surface area contributed by atoms with E-state index in [0.29, 0.717) is 18.9 Å². The van der Waals surface area contributed by atoms with Gasteiger partial charge in [-0.25, -0.2) is 9.37 Å². The van der Waals surface area contributed by atoms with Gasteiger partial charge >= 0.3 is 0 Å². The molecule has 0 fully saturated rings. The molecular formula is C23H28FN5S. The molecule has 4 rings (SSSR count). The van der Waals surface area contributed by atoms with Crippen LogP contribution in [0.25, 0.3) is 0 Å². The molecule has 0 spiro atoms. The molecule has 1 aromatic heterocycles. The van der Waals surface area contributed by atoms with Gasteiger partial charge in [0, 0.05) is 30.7 Å². The van der Waals surface area contributed by atoms with E-state index in [2.05, 4.69) is 29.7 Å². The van der Waals surface area contributed by atoms with Crippen molar-refractivity contribution in [2.75, 3.05) is 22.9 Å². The van der Waals surface area contributed by atoms with Gasteiger partial charge in [0.1, 0.15) is 11.6 Å². The Bertz CT molecular complexity index is 946. The molecule has 7 heteroatoms. The van der Waals surface area contributed by atoms with Crippen LogP contribution in [-0.2, 0) is 12.0 Å². The summed E-state index contributed by atoms with van der Waals surface area (Å²) < 4.78 is 13.6. The van der Waals surface area contributed by atoms with E-state index in [1.807, 2.05) is 24.3 Å². The molecule has 5 nitrogen and oxygen atoms in total. The Hall–Kier alpha value is -2.38. The minimum Gasteiger partial charge on any atom is -0.362 e. The van der Waals surface area contributed by atoms with Crippen molar-refractivity contribution in [2.24, 2.45) is 5.73 Å². The SMILES string of the molecule is CCC(N)(CCNc1nc2c(c(NC3C=CC=C(F)C3)n1)SCC2)c1ccccc1. The number of hydrogen-bond acceptors (Lipinski definition) is 6. The van der Waals surface area contributed by atoms with Gasteiger partial charge in [-0.1, -0.05) is 49.4 Å². The summed E-state index contributed by atoms with van der Waals surface area (Å²) in [5.41, 5.74) is 8.49. The molecule has 1 aromatic carbocycles. The zero-order valence-electron chi connectivity index (χ0n) is 17.2. The molecule has 0 radical (unpaired) electrons. The summed E-state index contributed by atoms with van der Waals surface area (Å²) >= 11 is 1.75. The second-order valence-corrected chi connectivity index (χ2v) is 8.88. The Kier molecular flexibility index (Phi) is 6.39. The van der Waals surface area contributed by atoms with Crippen molar-refractivity contribution in [3.8, 4) is 0 Å². The van der Waals surface area contributed by atoms with Gasteiger partial charge in [0.15, 0.2) is 0 Å². The number of nitrogens with zero attached hydrogens (tertiary/aromatic N) is 2. The number of anilines is 2. The standard InChI is InChI=1S/C23H28FN5S/c1-2-23(25,16-7-4-3-5-8-16)12-13-26-22-28-19-11-14-30-20(19)21(29-22)27-18-10-6-9-17(24)15-18/h3-10,18H,2,11-15,25H2,1H3,(H2,26,27,28,29). The number of aryl methyl sites for hydroxylation is 1. The first-order valence-electron chi connectivity index (χ1n) is 10.5. The Labute approximate surface area is 181 Å². The second-order valence-electron chi connectivity index (χ2n) is 7.78. The van der Waals surface area contributed by atoms with Gasteiger partial charge in [0.05, 0.1) is 16.6 Å². The number of aromatic nitrogens is 2. The number of halogens is 1. The van der Waals surface area contributed by atoms with Crippen molar-refractivity contribution < 1.29 is 4.39 Å². The number of thioether (sulfide) groups is 1. The maximum absolute atomic E-state index is 13.6. The molecule has 0 saturated carbocycles. The van der Waals surface area contributed by atoms with E-state index in [0.717, 1.165) is 47.0 Å². The monoisotopic (exact) mass is 425 g/mol. The van der Waals surface area contributed by atoms with Crippen molar-refractivity contribution in [3.05, 3.63) is 65.6 Å². The molecule has 4 N–H and O–H groups in total. The number of fused-ring (bicyclic) bond motifs is 1. The van der Waals surface area contributed by atoms with Gasteiger partial charge in [-0.15, -0.1) is 11.8 Å². The molecular weight excluding hydrogens is 397 g/mol. The van der Waals surface area contributed by atoms with Gasteiger partial charge in [0.25, 0.3) is 0 Å². The quantitative estimate of drug-likeness (QED) is 0.565. The predicted molar refractivity (Wildman–Crippen MR) is 123 cm³/mol. The van der Waals surface area contributed by atoms with E-state index in [9.17, 15) is 4.39 Å². The van der Waals surface area contributed by atoms with E-state index in [1.165, 1.54) is 6.08 Å². The summed E-state index contributed by atoms with van der Waals surface area (Å²) in [6.07, 6.45) is 8.09. The number of allylic oxidation sites excluding steroid dienone is 2. The fraction of sp³-hybridized carbons (Fsp3) is 0.391. The predicted octanol–water partition coefficient (Wildman–Crippen LogP) is 4.78. The number of nitrogens with two attached hydrogens (primary N) is 1. The average molecular weight is 426 g/mol. The minimum atomic E-state index is -0.390. The van der Waals surface area contributed by atoms with Gasteiger partial charge in [-0.2, -0.15) is 4.98 Å². The van der Waals surface area contributed by atoms with Crippen LogP contribution in [0.2, 0.25) is 0 Å². The molecule has 2 aromatic rings. The van der Waals surface area contributed by atoms with E-state index >= 15 is 0 Å². The molecule has 158 valence electrons. The fourth-order valence-corrected chi connectivity index (χ4v) is 4.91. The topological polar surface area (TPSA) is 75.9 Å². The Balaban J connectivity index is 1.46. The maximum atomic E-state index is 13.6. The normalized spacial score (nSPS) is 19.7. The summed E-state index contributed by atoms with van der Waals surface area (Å²) in [4.78, 5) is 10.5. The first-order valence-corrected chi connectivity index (χ1v) is 11.5. The molecule has 1 aliphatic heterocycles. The molecule has 30 heavy (non-hydrogen) atoms. The third kappa shape index (κ3) is 4.68. The largest absolute Gasteiger partial charge is 0.362 e. The molecule has 0 bridgehead atoms. The van der Waals surface area contributed by atoms with Crippen LogP contribution in [0.3, 0.4) is 0 Å². The average Bonchev–Trinajstić information content (AvgIpc) is 3.23. The summed E-state index contributed by atoms with van der Waals surface area (Å²) in [5, 5.41) is 6.76. The van der Waals surface area contributed by atoms with Crippen LogP contribution in [0.1, 0.15) is 37.4 Å². The minimum absolute atomic E-state index is 0.0992. The maximum Gasteiger partial charge on any atom is 0.224 e. The van der Waals surface area contributed by atoms with Gasteiger partial charge < -0.3 is 16.4 Å². The van der Waals surface area contributed by atoms with Crippen LogP contribution in [0.4, 0.5) is 16.2 Å². The molecule has 1 aliphatic carbocycles. The highest BCUT2D eigenvalue weighted by atomic mass is 32.2. The summed E-state index contributed by atoms with van der Waals surface area (Å²) in [6, 6.07) is 10.1. The number of hydrogen-bond donors (Lipinski definition) is 3. The molecule has 2 unspecified atom stereocenters. The van der Waals surface area contributed by atoms with Crippen LogP contribution in [-0.4, -0.2) is 28.3 Å². The third-order valence-electron chi connectivity index (χ3n) is 5.71. The van der Waals surface area contributed by atoms with Crippen molar-refractivity contribution >= 4 is 23.5 Å². The Morgan fingerprint density at radius 1 is 1.27 bits per heavy atom. The van der Waals surface area contributed by atoms with Crippen molar-refractivity contribution in [3.63, 3.8) is 0 Å². The van der Waals surface area contributed by atoms with Crippen LogP contribution in [0.5, 0.6) is 0 Å². The highest BCUT2D eigenvalue weighted by Gasteiger charge is 2.26. The van der Waals surface area contributed by atoms with Crippen molar-refractivity contribution in [2.45, 2.75) is 49.1 Å². The van der Waals surface area contributed by atoms with Crippen LogP contribution in [0.15, 0.2) is 59.3 Å². The van der Waals surface area contributed by atoms with Gasteiger partial charge in [-0.3, -0.25) is 0 Å². The van der Waals surface area contributed by atoms with E-state index in [4.69, 9.17) is 15.7 Å². The molecule has 0 amide bonds. The van der Waals surface area contributed by atoms with Gasteiger partial charge in [0.2, 0.25) is 5.95 Å². The Morgan fingerprint density at radius 2 is 2.10 bits per heavy atom. The lowest BCUT2D eigenvalue weighted by Gasteiger charge is -2.29. The van der Waals surface area contributed by atoms with Gasteiger partial charge in [-0.05, 0) is 24.5 Å². The van der Waals surface area contributed by atoms with Crippen molar-refractivity contribution in [1.29, 1.82) is 0 Å². The highest BCUT2D eigenvalue weighted by molar-refractivity contribution is 7.99. The van der Waals surface area contributed by atoms with Crippen LogP contribution < -0.4 is 16.4 Å². The second kappa shape index (κ2) is 9.18. The Morgan fingerprint density at radius 3 is 2.87 bits per heavy atom. The first-order chi connectivity index (χ1) is 14.6. The number of rotatable bonds is 8. The first kappa shape index (κ1) is 20.9. The van der Waals surface area contributed by atoms with Crippen LogP contribution >= 0.6 is 11.8 Å². The third-order valence-corrected chi connectivity index (χ3v) is 6.84. The summed E-state index contributed by atoms with van der Waals surface area (Å²) in [6.45, 7) is 2.79. The zero-order valence-corrected chi connectivity index (χ0v) is 18.0. The fourth-order valence-electron chi connectivity index (χ4n) is 3.85. The smallest absolute Gasteiger partial charge is 0.224 e. The lowest BCUT2D eigenvalue weighted by Crippen LogP contribution is -2.38. The summed E-state index contributed by atoms with van der Waals surface area (Å²) in [5.74, 6) is 2.26. The number of nitrogens with one attached hydrogen (secondary N) is 2. The van der Waals surface area contributed by atoms with Crippen LogP contribution in [0, 0.1) is 0 Å². The molecule has 2 heterocycles. The number of benzene rings is 1. The molecule has 2 atom stereocenters. The molecule has 2 aliphatic rings. The van der Waals surface area contributed by atoms with E-state index in [1.54, 1.807) is 17.8 Å². The van der Waals surface area contributed by atoms with E-state index in [-0.39, 0.29) is 11.9 Å². The zero-order chi connectivity index (χ0) is 21.0. The van der Waals surface area contributed by atoms with Crippen molar-refractivity contribution in [1.82, 2.24) is 9.97 Å². The summed E-state index contributed by atoms with van der Waals surface area (Å²) in [7, 11) is 0. The lowest BCUT2D eigenvalue weighted by atomic mass is 9.85. The highest BCUT2D eigenvalue weighted by Crippen LogP contribution is 2.37. The molecule has 0 saturated heterocycles.